The first-order valence-corrected chi connectivity index (χ1v) is 2.82. The van der Waals surface area contributed by atoms with Gasteiger partial charge >= 0.3 is 5.91 Å². The van der Waals surface area contributed by atoms with Crippen LogP contribution in [0.3, 0.4) is 0 Å². The van der Waals surface area contributed by atoms with Crippen LogP contribution in [0, 0.1) is 5.92 Å². The van der Waals surface area contributed by atoms with E-state index in [1.807, 2.05) is 13.8 Å². The van der Waals surface area contributed by atoms with Gasteiger partial charge in [0.2, 0.25) is 6.10 Å². The SMILES string of the molecule is CC(C)C1ON=NC1=O. The fourth-order valence-electron chi connectivity index (χ4n) is 0.623. The minimum Gasteiger partial charge on any atom is -0.365 e. The summed E-state index contributed by atoms with van der Waals surface area (Å²) in [4.78, 5) is 15.3. The van der Waals surface area contributed by atoms with Crippen molar-refractivity contribution < 1.29 is 9.63 Å². The summed E-state index contributed by atoms with van der Waals surface area (Å²) in [5.74, 6) is -0.113. The van der Waals surface area contributed by atoms with Crippen LogP contribution in [0.2, 0.25) is 0 Å². The molecule has 0 spiro atoms. The van der Waals surface area contributed by atoms with E-state index in [0.29, 0.717) is 0 Å². The van der Waals surface area contributed by atoms with Crippen LogP contribution in [-0.4, -0.2) is 12.0 Å². The summed E-state index contributed by atoms with van der Waals surface area (Å²) in [5, 5.41) is 6.35. The maximum Gasteiger partial charge on any atom is 0.311 e. The van der Waals surface area contributed by atoms with Crippen LogP contribution in [0.15, 0.2) is 10.4 Å². The quantitative estimate of drug-likeness (QED) is 0.527. The molecule has 1 unspecified atom stereocenters. The lowest BCUT2D eigenvalue weighted by Gasteiger charge is -2.06. The van der Waals surface area contributed by atoms with Crippen LogP contribution in [0.1, 0.15) is 13.8 Å². The van der Waals surface area contributed by atoms with Crippen molar-refractivity contribution in [2.45, 2.75) is 20.0 Å². The molecule has 0 saturated carbocycles. The lowest BCUT2D eigenvalue weighted by atomic mass is 10.1. The Morgan fingerprint density at radius 3 is 2.56 bits per heavy atom. The Hall–Kier alpha value is -0.930. The van der Waals surface area contributed by atoms with Gasteiger partial charge in [-0.25, -0.2) is 0 Å². The Morgan fingerprint density at radius 2 is 2.33 bits per heavy atom. The number of hydrogen-bond donors (Lipinski definition) is 0. The third-order valence-corrected chi connectivity index (χ3v) is 1.15. The zero-order chi connectivity index (χ0) is 6.85. The van der Waals surface area contributed by atoms with Crippen LogP contribution in [0.5, 0.6) is 0 Å². The molecule has 4 nitrogen and oxygen atoms in total. The van der Waals surface area contributed by atoms with Crippen molar-refractivity contribution >= 4 is 5.91 Å². The van der Waals surface area contributed by atoms with Gasteiger partial charge in [0, 0.05) is 11.2 Å². The van der Waals surface area contributed by atoms with E-state index >= 15 is 0 Å². The van der Waals surface area contributed by atoms with Gasteiger partial charge in [0.15, 0.2) is 0 Å². The van der Waals surface area contributed by atoms with Gasteiger partial charge in [-0.3, -0.25) is 4.79 Å². The monoisotopic (exact) mass is 128 g/mol. The van der Waals surface area contributed by atoms with E-state index < -0.39 is 6.10 Å². The molecule has 1 aliphatic rings. The molecule has 1 rings (SSSR count). The highest BCUT2D eigenvalue weighted by atomic mass is 16.7. The molecule has 1 amide bonds. The van der Waals surface area contributed by atoms with E-state index in [9.17, 15) is 4.79 Å². The number of carbonyl (C=O) groups is 1. The van der Waals surface area contributed by atoms with Gasteiger partial charge in [-0.1, -0.05) is 19.0 Å². The molecule has 4 heteroatoms. The molecule has 0 aromatic rings. The minimum atomic E-state index is -0.440. The highest BCUT2D eigenvalue weighted by Crippen LogP contribution is 2.13. The molecule has 9 heavy (non-hydrogen) atoms. The smallest absolute Gasteiger partial charge is 0.311 e. The van der Waals surface area contributed by atoms with Crippen LogP contribution in [-0.2, 0) is 9.63 Å². The lowest BCUT2D eigenvalue weighted by Crippen LogP contribution is -2.22. The van der Waals surface area contributed by atoms with Gasteiger partial charge in [-0.2, -0.15) is 0 Å². The molecule has 1 atom stereocenters. The van der Waals surface area contributed by atoms with Crippen LogP contribution in [0.4, 0.5) is 0 Å². The van der Waals surface area contributed by atoms with Gasteiger partial charge in [-0.05, 0) is 0 Å². The maximum atomic E-state index is 10.6. The van der Waals surface area contributed by atoms with E-state index in [4.69, 9.17) is 0 Å². The van der Waals surface area contributed by atoms with Crippen molar-refractivity contribution in [1.82, 2.24) is 0 Å². The van der Waals surface area contributed by atoms with E-state index in [1.54, 1.807) is 0 Å². The van der Waals surface area contributed by atoms with Crippen molar-refractivity contribution in [3.8, 4) is 0 Å². The molecule has 50 valence electrons. The van der Waals surface area contributed by atoms with Crippen molar-refractivity contribution in [2.75, 3.05) is 0 Å². The van der Waals surface area contributed by atoms with Crippen molar-refractivity contribution in [3.63, 3.8) is 0 Å². The molecule has 0 aromatic heterocycles. The molecular weight excluding hydrogens is 120 g/mol. The molecule has 1 aliphatic heterocycles. The summed E-state index contributed by atoms with van der Waals surface area (Å²) in [6.07, 6.45) is -0.440. The Labute approximate surface area is 52.9 Å². The number of carbonyl (C=O) groups excluding carboxylic acids is 1. The molecule has 0 aliphatic carbocycles. The van der Waals surface area contributed by atoms with Crippen LogP contribution >= 0.6 is 0 Å². The lowest BCUT2D eigenvalue weighted by molar-refractivity contribution is -0.125. The predicted molar refractivity (Wildman–Crippen MR) is 29.6 cm³/mol. The second kappa shape index (κ2) is 2.13. The topological polar surface area (TPSA) is 51.0 Å². The first kappa shape index (κ1) is 6.19. The molecule has 0 bridgehead atoms. The summed E-state index contributed by atoms with van der Waals surface area (Å²) in [6, 6.07) is 0. The summed E-state index contributed by atoms with van der Waals surface area (Å²) in [7, 11) is 0. The average molecular weight is 128 g/mol. The third-order valence-electron chi connectivity index (χ3n) is 1.15. The standard InChI is InChI=1S/C5H8N2O2/c1-3(2)4-5(8)6-7-9-4/h3-4H,1-2H3. The first-order valence-electron chi connectivity index (χ1n) is 2.82. The highest BCUT2D eigenvalue weighted by Gasteiger charge is 2.28. The minimum absolute atomic E-state index is 0.160. The van der Waals surface area contributed by atoms with Gasteiger partial charge in [0.1, 0.15) is 0 Å². The van der Waals surface area contributed by atoms with E-state index in [2.05, 4.69) is 15.2 Å². The largest absolute Gasteiger partial charge is 0.365 e. The number of rotatable bonds is 1. The molecule has 0 aromatic carbocycles. The maximum absolute atomic E-state index is 10.6. The summed E-state index contributed by atoms with van der Waals surface area (Å²) in [5.41, 5.74) is 0. The van der Waals surface area contributed by atoms with Crippen molar-refractivity contribution in [2.24, 2.45) is 16.3 Å². The highest BCUT2D eigenvalue weighted by molar-refractivity contribution is 5.82. The first-order chi connectivity index (χ1) is 4.22. The zero-order valence-electron chi connectivity index (χ0n) is 5.37. The van der Waals surface area contributed by atoms with Crippen molar-refractivity contribution in [3.05, 3.63) is 0 Å². The average Bonchev–Trinajstić information content (AvgIpc) is 2.13. The normalized spacial score (nSPS) is 25.2. The molecule has 0 N–H and O–H groups in total. The van der Waals surface area contributed by atoms with E-state index in [1.165, 1.54) is 0 Å². The van der Waals surface area contributed by atoms with Gasteiger partial charge in [-0.15, -0.1) is 0 Å². The fourth-order valence-corrected chi connectivity index (χ4v) is 0.623. The Kier molecular flexibility index (Phi) is 1.46. The van der Waals surface area contributed by atoms with Gasteiger partial charge < -0.3 is 4.84 Å². The van der Waals surface area contributed by atoms with Gasteiger partial charge in [0.05, 0.1) is 0 Å². The summed E-state index contributed by atoms with van der Waals surface area (Å²) >= 11 is 0. The Balaban J connectivity index is 2.56. The number of amides is 1. The predicted octanol–water partition coefficient (Wildman–Crippen LogP) is 0.935. The second-order valence-corrected chi connectivity index (χ2v) is 2.29. The second-order valence-electron chi connectivity index (χ2n) is 2.29. The Morgan fingerprint density at radius 1 is 1.67 bits per heavy atom. The molecule has 0 fully saturated rings. The van der Waals surface area contributed by atoms with E-state index in [-0.39, 0.29) is 11.8 Å². The Bertz CT molecular complexity index is 153. The third kappa shape index (κ3) is 1.06. The van der Waals surface area contributed by atoms with Crippen molar-refractivity contribution in [1.29, 1.82) is 0 Å². The molecule has 0 radical (unpaired) electrons. The van der Waals surface area contributed by atoms with Crippen LogP contribution in [0.25, 0.3) is 0 Å². The van der Waals surface area contributed by atoms with Gasteiger partial charge in [0.25, 0.3) is 0 Å². The number of nitrogens with zero attached hydrogens (tertiary/aromatic N) is 2. The fraction of sp³-hybridized carbons (Fsp3) is 0.800. The summed E-state index contributed by atoms with van der Waals surface area (Å²) < 4.78 is 0. The van der Waals surface area contributed by atoms with E-state index in [0.717, 1.165) is 0 Å². The molecular formula is C5H8N2O2. The zero-order valence-corrected chi connectivity index (χ0v) is 5.37. The molecule has 0 saturated heterocycles. The summed E-state index contributed by atoms with van der Waals surface area (Å²) in [6.45, 7) is 3.78. The molecule has 1 heterocycles. The van der Waals surface area contributed by atoms with Crippen LogP contribution < -0.4 is 0 Å². The number of hydrogen-bond acceptors (Lipinski definition) is 3.